The normalized spacial score (nSPS) is 10.5. The number of aromatic nitrogens is 2. The van der Waals surface area contributed by atoms with Crippen LogP contribution in [0.2, 0.25) is 0 Å². The molecule has 2 heterocycles. The molecule has 4 nitrogen and oxygen atoms in total. The molecule has 0 unspecified atom stereocenters. The second-order valence-electron chi connectivity index (χ2n) is 3.32. The van der Waals surface area contributed by atoms with Gasteiger partial charge in [0.15, 0.2) is 11.7 Å². The highest BCUT2D eigenvalue weighted by molar-refractivity contribution is 5.56. The van der Waals surface area contributed by atoms with Gasteiger partial charge in [-0.3, -0.25) is 4.98 Å². The van der Waals surface area contributed by atoms with Crippen molar-refractivity contribution >= 4 is 0 Å². The molecule has 0 aliphatic carbocycles. The van der Waals surface area contributed by atoms with Crippen LogP contribution in [-0.4, -0.2) is 16.5 Å². The minimum atomic E-state index is 0.603. The van der Waals surface area contributed by atoms with Crippen LogP contribution in [0.5, 0.6) is 0 Å². The van der Waals surface area contributed by atoms with Crippen molar-refractivity contribution in [2.75, 3.05) is 6.54 Å². The summed E-state index contributed by atoms with van der Waals surface area (Å²) in [5.41, 5.74) is 7.45. The fourth-order valence-corrected chi connectivity index (χ4v) is 1.41. The van der Waals surface area contributed by atoms with Crippen LogP contribution >= 0.6 is 0 Å². The van der Waals surface area contributed by atoms with Crippen molar-refractivity contribution in [3.63, 3.8) is 0 Å². The van der Waals surface area contributed by atoms with Gasteiger partial charge in [0, 0.05) is 30.8 Å². The number of oxazole rings is 1. The van der Waals surface area contributed by atoms with Crippen LogP contribution in [-0.2, 0) is 6.42 Å². The highest BCUT2D eigenvalue weighted by Crippen LogP contribution is 2.20. The number of hydrogen-bond acceptors (Lipinski definition) is 4. The Morgan fingerprint density at radius 1 is 1.40 bits per heavy atom. The predicted octanol–water partition coefficient (Wildman–Crippen LogP) is 1.55. The Morgan fingerprint density at radius 3 is 2.93 bits per heavy atom. The molecule has 0 atom stereocenters. The molecular weight excluding hydrogens is 190 g/mol. The van der Waals surface area contributed by atoms with Gasteiger partial charge in [-0.25, -0.2) is 4.98 Å². The van der Waals surface area contributed by atoms with Crippen molar-refractivity contribution < 1.29 is 4.42 Å². The van der Waals surface area contributed by atoms with Crippen LogP contribution in [0.15, 0.2) is 28.9 Å². The Kier molecular flexibility index (Phi) is 2.78. The molecule has 0 aromatic carbocycles. The van der Waals surface area contributed by atoms with Gasteiger partial charge in [-0.05, 0) is 18.7 Å². The van der Waals surface area contributed by atoms with E-state index in [9.17, 15) is 0 Å². The summed E-state index contributed by atoms with van der Waals surface area (Å²) in [7, 11) is 0. The molecule has 15 heavy (non-hydrogen) atoms. The van der Waals surface area contributed by atoms with Crippen LogP contribution in [0.25, 0.3) is 11.3 Å². The van der Waals surface area contributed by atoms with Crippen molar-refractivity contribution in [3.8, 4) is 11.3 Å². The van der Waals surface area contributed by atoms with Crippen LogP contribution in [0.1, 0.15) is 11.6 Å². The minimum absolute atomic E-state index is 0.603. The van der Waals surface area contributed by atoms with Gasteiger partial charge in [0.05, 0.1) is 6.20 Å². The van der Waals surface area contributed by atoms with Gasteiger partial charge in [-0.15, -0.1) is 0 Å². The summed E-state index contributed by atoms with van der Waals surface area (Å²) in [6, 6.07) is 3.88. The quantitative estimate of drug-likeness (QED) is 0.821. The molecule has 0 spiro atoms. The topological polar surface area (TPSA) is 64.9 Å². The smallest absolute Gasteiger partial charge is 0.191 e. The van der Waals surface area contributed by atoms with E-state index in [0.29, 0.717) is 12.4 Å². The minimum Gasteiger partial charge on any atom is -0.441 e. The largest absolute Gasteiger partial charge is 0.441 e. The third kappa shape index (κ3) is 2.22. The van der Waals surface area contributed by atoms with Crippen molar-refractivity contribution in [3.05, 3.63) is 36.1 Å². The number of aryl methyl sites for hydroxylation is 1. The van der Waals surface area contributed by atoms with Crippen molar-refractivity contribution in [2.24, 2.45) is 5.73 Å². The van der Waals surface area contributed by atoms with E-state index in [2.05, 4.69) is 9.97 Å². The molecule has 0 fully saturated rings. The fourth-order valence-electron chi connectivity index (χ4n) is 1.41. The monoisotopic (exact) mass is 203 g/mol. The highest BCUT2D eigenvalue weighted by atomic mass is 16.4. The van der Waals surface area contributed by atoms with Gasteiger partial charge in [-0.2, -0.15) is 0 Å². The van der Waals surface area contributed by atoms with Gasteiger partial charge < -0.3 is 10.2 Å². The first-order valence-electron chi connectivity index (χ1n) is 4.87. The van der Waals surface area contributed by atoms with E-state index in [-0.39, 0.29) is 0 Å². The molecule has 78 valence electrons. The van der Waals surface area contributed by atoms with Gasteiger partial charge in [0.25, 0.3) is 0 Å². The third-order valence-electron chi connectivity index (χ3n) is 2.12. The first kappa shape index (κ1) is 9.86. The summed E-state index contributed by atoms with van der Waals surface area (Å²) >= 11 is 0. The summed E-state index contributed by atoms with van der Waals surface area (Å²) in [6.07, 6.45) is 4.26. The number of rotatable bonds is 3. The van der Waals surface area contributed by atoms with E-state index in [4.69, 9.17) is 10.2 Å². The molecular formula is C11H13N3O. The molecule has 4 heteroatoms. The van der Waals surface area contributed by atoms with E-state index in [1.54, 1.807) is 12.4 Å². The van der Waals surface area contributed by atoms with Crippen LogP contribution < -0.4 is 5.73 Å². The van der Waals surface area contributed by atoms with Crippen molar-refractivity contribution in [1.29, 1.82) is 0 Å². The molecule has 0 amide bonds. The standard InChI is InChI=1S/C11H13N3O/c1-8-14-7-11(15-8)9-3-5-13-10(6-9)2-4-12/h3,5-7H,2,4,12H2,1H3. The highest BCUT2D eigenvalue weighted by Gasteiger charge is 2.04. The molecule has 0 saturated carbocycles. The van der Waals surface area contributed by atoms with Crippen LogP contribution in [0.4, 0.5) is 0 Å². The predicted molar refractivity (Wildman–Crippen MR) is 57.2 cm³/mol. The lowest BCUT2D eigenvalue weighted by Gasteiger charge is -2.00. The lowest BCUT2D eigenvalue weighted by atomic mass is 10.1. The first-order valence-corrected chi connectivity index (χ1v) is 4.87. The summed E-state index contributed by atoms with van der Waals surface area (Å²) in [6.45, 7) is 2.43. The first-order chi connectivity index (χ1) is 7.29. The molecule has 2 rings (SSSR count). The summed E-state index contributed by atoms with van der Waals surface area (Å²) in [5, 5.41) is 0. The third-order valence-corrected chi connectivity index (χ3v) is 2.12. The Hall–Kier alpha value is -1.68. The Morgan fingerprint density at radius 2 is 2.27 bits per heavy atom. The number of pyridine rings is 1. The van der Waals surface area contributed by atoms with E-state index in [1.165, 1.54) is 0 Å². The van der Waals surface area contributed by atoms with E-state index in [1.807, 2.05) is 19.1 Å². The Labute approximate surface area is 88.2 Å². The summed E-state index contributed by atoms with van der Waals surface area (Å²) < 4.78 is 5.43. The van der Waals surface area contributed by atoms with E-state index >= 15 is 0 Å². The summed E-state index contributed by atoms with van der Waals surface area (Å²) in [4.78, 5) is 8.28. The molecule has 2 N–H and O–H groups in total. The molecule has 0 aliphatic rings. The maximum atomic E-state index is 5.48. The lowest BCUT2D eigenvalue weighted by molar-refractivity contribution is 0.534. The fraction of sp³-hybridized carbons (Fsp3) is 0.273. The van der Waals surface area contributed by atoms with Gasteiger partial charge in [-0.1, -0.05) is 0 Å². The van der Waals surface area contributed by atoms with Gasteiger partial charge in [0.2, 0.25) is 0 Å². The zero-order valence-corrected chi connectivity index (χ0v) is 8.60. The maximum Gasteiger partial charge on any atom is 0.191 e. The van der Waals surface area contributed by atoms with Crippen molar-refractivity contribution in [1.82, 2.24) is 9.97 Å². The zero-order chi connectivity index (χ0) is 10.7. The van der Waals surface area contributed by atoms with E-state index in [0.717, 1.165) is 23.4 Å². The Balaban J connectivity index is 2.32. The molecule has 2 aromatic heterocycles. The maximum absolute atomic E-state index is 5.48. The SMILES string of the molecule is Cc1ncc(-c2ccnc(CCN)c2)o1. The van der Waals surface area contributed by atoms with E-state index < -0.39 is 0 Å². The number of hydrogen-bond donors (Lipinski definition) is 1. The van der Waals surface area contributed by atoms with Crippen LogP contribution in [0.3, 0.4) is 0 Å². The molecule has 0 radical (unpaired) electrons. The number of nitrogens with two attached hydrogens (primary N) is 1. The molecule has 0 saturated heterocycles. The van der Waals surface area contributed by atoms with Gasteiger partial charge >= 0.3 is 0 Å². The molecule has 2 aromatic rings. The Bertz CT molecular complexity index is 451. The van der Waals surface area contributed by atoms with Gasteiger partial charge in [0.1, 0.15) is 0 Å². The summed E-state index contributed by atoms with van der Waals surface area (Å²) in [5.74, 6) is 1.44. The average Bonchev–Trinajstić information content (AvgIpc) is 2.66. The molecule has 0 bridgehead atoms. The second kappa shape index (κ2) is 4.23. The molecule has 0 aliphatic heterocycles. The second-order valence-corrected chi connectivity index (χ2v) is 3.32. The lowest BCUT2D eigenvalue weighted by Crippen LogP contribution is -2.04. The van der Waals surface area contributed by atoms with Crippen molar-refractivity contribution in [2.45, 2.75) is 13.3 Å². The average molecular weight is 203 g/mol. The number of nitrogens with zero attached hydrogens (tertiary/aromatic N) is 2. The zero-order valence-electron chi connectivity index (χ0n) is 8.60. The van der Waals surface area contributed by atoms with Crippen LogP contribution in [0, 0.1) is 6.92 Å².